The minimum absolute atomic E-state index is 0. The number of aliphatic hydroxyl groups excluding tert-OH is 1. The fourth-order valence-corrected chi connectivity index (χ4v) is 5.22. The summed E-state index contributed by atoms with van der Waals surface area (Å²) in [7, 11) is 1.31. The Hall–Kier alpha value is -3.57. The number of methoxy groups -OCH3 is 1. The lowest BCUT2D eigenvalue weighted by molar-refractivity contribution is -0.126. The van der Waals surface area contributed by atoms with Crippen molar-refractivity contribution in [3.8, 4) is 0 Å². The van der Waals surface area contributed by atoms with Gasteiger partial charge in [0.1, 0.15) is 11.4 Å². The van der Waals surface area contributed by atoms with E-state index in [0.717, 1.165) is 28.4 Å². The van der Waals surface area contributed by atoms with Gasteiger partial charge in [-0.25, -0.2) is 9.18 Å². The van der Waals surface area contributed by atoms with Gasteiger partial charge < -0.3 is 24.4 Å². The Kier molecular flexibility index (Phi) is 16.7. The number of benzene rings is 1. The normalized spacial score (nSPS) is 16.8. The van der Waals surface area contributed by atoms with Crippen molar-refractivity contribution in [1.82, 2.24) is 14.8 Å². The van der Waals surface area contributed by atoms with E-state index in [1.807, 2.05) is 33.8 Å². The number of aliphatic hydroxyl groups is 1. The molecule has 0 saturated carbocycles. The lowest BCUT2D eigenvalue weighted by Crippen LogP contribution is -2.56. The number of piperazine rings is 1. The van der Waals surface area contributed by atoms with E-state index in [9.17, 15) is 19.1 Å². The van der Waals surface area contributed by atoms with Crippen molar-refractivity contribution < 1.29 is 33.4 Å². The first-order valence-electron chi connectivity index (χ1n) is 16.3. The van der Waals surface area contributed by atoms with E-state index in [-0.39, 0.29) is 49.9 Å². The van der Waals surface area contributed by atoms with Gasteiger partial charge >= 0.3 is 6.09 Å². The van der Waals surface area contributed by atoms with Gasteiger partial charge in [-0.3, -0.25) is 19.5 Å². The summed E-state index contributed by atoms with van der Waals surface area (Å²) >= 11 is 0. The highest BCUT2D eigenvalue weighted by molar-refractivity contribution is 5.97. The van der Waals surface area contributed by atoms with Gasteiger partial charge in [-0.05, 0) is 69.4 Å². The van der Waals surface area contributed by atoms with Gasteiger partial charge in [0.25, 0.3) is 6.47 Å². The number of amides is 2. The molecule has 1 aromatic carbocycles. The van der Waals surface area contributed by atoms with Gasteiger partial charge in [-0.1, -0.05) is 60.6 Å². The van der Waals surface area contributed by atoms with Crippen LogP contribution in [-0.2, 0) is 37.5 Å². The maximum absolute atomic E-state index is 13.6. The van der Waals surface area contributed by atoms with Crippen LogP contribution in [0.25, 0.3) is 0 Å². The van der Waals surface area contributed by atoms with Crippen molar-refractivity contribution in [3.63, 3.8) is 0 Å². The molecule has 2 aliphatic heterocycles. The summed E-state index contributed by atoms with van der Waals surface area (Å²) in [5, 5.41) is 10.0. The van der Waals surface area contributed by atoms with Crippen LogP contribution in [0.2, 0.25) is 0 Å². The second-order valence-electron chi connectivity index (χ2n) is 14.2. The fourth-order valence-electron chi connectivity index (χ4n) is 5.22. The summed E-state index contributed by atoms with van der Waals surface area (Å²) in [5.41, 5.74) is 2.91. The number of hydrogen-bond donors (Lipinski definition) is 1. The van der Waals surface area contributed by atoms with E-state index in [1.54, 1.807) is 21.9 Å². The smallest absolute Gasteiger partial charge is 0.410 e. The van der Waals surface area contributed by atoms with Crippen LogP contribution in [0.5, 0.6) is 0 Å². The number of fused-ring (bicyclic) bond motifs is 1. The van der Waals surface area contributed by atoms with Gasteiger partial charge in [0.15, 0.2) is 0 Å². The molecule has 3 heterocycles. The molecule has 10 nitrogen and oxygen atoms in total. The molecule has 1 atom stereocenters. The Balaban J connectivity index is 0.00000102. The molecule has 1 saturated heterocycles. The van der Waals surface area contributed by atoms with Gasteiger partial charge in [0.2, 0.25) is 5.91 Å². The third-order valence-electron chi connectivity index (χ3n) is 8.03. The van der Waals surface area contributed by atoms with Crippen molar-refractivity contribution in [2.45, 2.75) is 106 Å². The molecule has 1 unspecified atom stereocenters. The minimum atomic E-state index is -0.556. The van der Waals surface area contributed by atoms with E-state index < -0.39 is 5.60 Å². The summed E-state index contributed by atoms with van der Waals surface area (Å²) < 4.78 is 22.8. The standard InChI is InChI=1S/C29H39FN4O4.C5H12.C2H4O2.CH4/c1-19-15-32(11-12-33(19)27(37)38-28(2,3)4)16-25(36)34-18-29(5,6)26-24(34)14-21(23(17-35)31-26)13-20-7-9-22(30)10-8-20;1-4-5(2)3;1-4-2-3;/h7-10,14,19,35H,11-13,15-18H2,1-6H3;5H,4H2,1-3H3;2H,1H3;1H4. The molecule has 270 valence electrons. The summed E-state index contributed by atoms with van der Waals surface area (Å²) in [5.74, 6) is 0.555. The Labute approximate surface area is 287 Å². The summed E-state index contributed by atoms with van der Waals surface area (Å²) in [4.78, 5) is 45.5. The lowest BCUT2D eigenvalue weighted by atomic mass is 9.90. The van der Waals surface area contributed by atoms with Crippen LogP contribution >= 0.6 is 0 Å². The highest BCUT2D eigenvalue weighted by atomic mass is 19.1. The molecule has 2 amide bonds. The maximum atomic E-state index is 13.6. The molecule has 2 aromatic rings. The first-order valence-corrected chi connectivity index (χ1v) is 16.3. The molecule has 0 radical (unpaired) electrons. The number of halogens is 1. The zero-order valence-corrected chi connectivity index (χ0v) is 29.9. The highest BCUT2D eigenvalue weighted by Gasteiger charge is 2.41. The first kappa shape index (κ1) is 42.5. The Morgan fingerprint density at radius 3 is 2.23 bits per heavy atom. The van der Waals surface area contributed by atoms with Crippen LogP contribution in [-0.4, -0.2) is 89.8 Å². The van der Waals surface area contributed by atoms with Crippen LogP contribution in [0.1, 0.15) is 98.7 Å². The number of anilines is 1. The third-order valence-corrected chi connectivity index (χ3v) is 8.03. The number of pyridine rings is 1. The van der Waals surface area contributed by atoms with Crippen molar-refractivity contribution in [2.24, 2.45) is 5.92 Å². The predicted molar refractivity (Wildman–Crippen MR) is 189 cm³/mol. The van der Waals surface area contributed by atoms with Gasteiger partial charge in [-0.15, -0.1) is 0 Å². The predicted octanol–water partition coefficient (Wildman–Crippen LogP) is 6.35. The van der Waals surface area contributed by atoms with Crippen LogP contribution in [0.4, 0.5) is 14.9 Å². The second kappa shape index (κ2) is 18.8. The van der Waals surface area contributed by atoms with E-state index in [2.05, 4.69) is 44.3 Å². The maximum Gasteiger partial charge on any atom is 0.410 e. The monoisotopic (exact) mass is 674 g/mol. The second-order valence-corrected chi connectivity index (χ2v) is 14.2. The zero-order valence-electron chi connectivity index (χ0n) is 29.9. The summed E-state index contributed by atoms with van der Waals surface area (Å²) in [6, 6.07) is 8.13. The minimum Gasteiger partial charge on any atom is -0.471 e. The van der Waals surface area contributed by atoms with Crippen LogP contribution in [0.3, 0.4) is 0 Å². The first-order chi connectivity index (χ1) is 22.0. The number of aromatic nitrogens is 1. The van der Waals surface area contributed by atoms with Gasteiger partial charge in [-0.2, -0.15) is 0 Å². The number of hydrogen-bond acceptors (Lipinski definition) is 8. The Bertz CT molecular complexity index is 1330. The largest absolute Gasteiger partial charge is 0.471 e. The Morgan fingerprint density at radius 2 is 1.75 bits per heavy atom. The van der Waals surface area contributed by atoms with Crippen molar-refractivity contribution >= 4 is 24.2 Å². The molecular weight excluding hydrogens is 615 g/mol. The lowest BCUT2D eigenvalue weighted by Gasteiger charge is -2.40. The van der Waals surface area contributed by atoms with Crippen LogP contribution in [0.15, 0.2) is 30.3 Å². The molecule has 0 bridgehead atoms. The topological polar surface area (TPSA) is 113 Å². The SMILES string of the molecule is C.CC1CN(CC(=O)N2CC(C)(C)c3nc(CO)c(Cc4ccc(F)cc4)cc32)CCN1C(=O)OC(C)(C)C.CCC(C)C.COC=O. The molecule has 4 rings (SSSR count). The molecule has 1 N–H and O–H groups in total. The number of nitrogens with zero attached hydrogens (tertiary/aromatic N) is 4. The Morgan fingerprint density at radius 1 is 1.17 bits per heavy atom. The molecule has 11 heteroatoms. The molecule has 2 aliphatic rings. The molecule has 1 fully saturated rings. The van der Waals surface area contributed by atoms with E-state index >= 15 is 0 Å². The van der Waals surface area contributed by atoms with E-state index in [4.69, 9.17) is 14.5 Å². The summed E-state index contributed by atoms with van der Waals surface area (Å²) in [6.07, 6.45) is 1.45. The number of ether oxygens (including phenoxy) is 2. The third kappa shape index (κ3) is 12.5. The van der Waals surface area contributed by atoms with E-state index in [0.29, 0.717) is 44.8 Å². The average Bonchev–Trinajstić information content (AvgIpc) is 3.26. The molecule has 0 aliphatic carbocycles. The number of rotatable bonds is 7. The zero-order chi connectivity index (χ0) is 35.5. The van der Waals surface area contributed by atoms with Crippen LogP contribution < -0.4 is 4.90 Å². The highest BCUT2D eigenvalue weighted by Crippen LogP contribution is 2.40. The number of carbonyl (C=O) groups excluding carboxylic acids is 3. The number of carbonyl (C=O) groups is 3. The van der Waals surface area contributed by atoms with Crippen molar-refractivity contribution in [1.29, 1.82) is 0 Å². The van der Waals surface area contributed by atoms with Crippen molar-refractivity contribution in [3.05, 3.63) is 58.7 Å². The fraction of sp³-hybridized carbons (Fsp3) is 0.622. The molecule has 48 heavy (non-hydrogen) atoms. The summed E-state index contributed by atoms with van der Waals surface area (Å²) in [6.45, 7) is 20.8. The van der Waals surface area contributed by atoms with Gasteiger partial charge in [0.05, 0.1) is 37.3 Å². The van der Waals surface area contributed by atoms with E-state index in [1.165, 1.54) is 25.7 Å². The van der Waals surface area contributed by atoms with Crippen LogP contribution in [0, 0.1) is 11.7 Å². The van der Waals surface area contributed by atoms with Gasteiger partial charge in [0, 0.05) is 37.6 Å². The average molecular weight is 675 g/mol. The van der Waals surface area contributed by atoms with Crippen molar-refractivity contribution in [2.75, 3.05) is 44.7 Å². The molecular formula is C37H59FN4O6. The molecule has 0 spiro atoms. The molecule has 1 aromatic heterocycles. The quantitative estimate of drug-likeness (QED) is 0.339.